The third-order valence-corrected chi connectivity index (χ3v) is 2.57. The highest BCUT2D eigenvalue weighted by Crippen LogP contribution is 2.24. The Morgan fingerprint density at radius 2 is 2.00 bits per heavy atom. The Morgan fingerprint density at radius 1 is 1.25 bits per heavy atom. The summed E-state index contributed by atoms with van der Waals surface area (Å²) in [6.45, 7) is 0. The molecule has 2 N–H and O–H groups in total. The van der Waals surface area contributed by atoms with Crippen LogP contribution in [0.25, 0.3) is 11.3 Å². The largest absolute Gasteiger partial charge is 0.381 e. The van der Waals surface area contributed by atoms with Crippen molar-refractivity contribution >= 4 is 21.7 Å². The predicted octanol–water partition coefficient (Wildman–Crippen LogP) is 2.77. The number of anilines is 1. The van der Waals surface area contributed by atoms with E-state index in [4.69, 9.17) is 5.73 Å². The van der Waals surface area contributed by atoms with Crippen LogP contribution in [0.1, 0.15) is 0 Å². The first-order chi connectivity index (χ1) is 7.59. The highest BCUT2D eigenvalue weighted by atomic mass is 79.9. The number of hydrogen-bond acceptors (Lipinski definition) is 3. The van der Waals surface area contributed by atoms with E-state index < -0.39 is 11.6 Å². The number of nitrogens with two attached hydrogens (primary N) is 1. The molecule has 1 aromatic heterocycles. The molecule has 0 unspecified atom stereocenters. The van der Waals surface area contributed by atoms with E-state index in [0.717, 1.165) is 6.07 Å². The molecule has 0 atom stereocenters. The van der Waals surface area contributed by atoms with Gasteiger partial charge in [0.15, 0.2) is 17.5 Å². The summed E-state index contributed by atoms with van der Waals surface area (Å²) in [6, 6.07) is 3.86. The number of aromatic nitrogens is 2. The van der Waals surface area contributed by atoms with Crippen molar-refractivity contribution in [3.05, 3.63) is 40.6 Å². The Balaban J connectivity index is 2.59. The molecule has 1 heterocycles. The summed E-state index contributed by atoms with van der Waals surface area (Å²) < 4.78 is 26.7. The molecular formula is C10H6BrF2N3. The summed E-state index contributed by atoms with van der Waals surface area (Å²) in [7, 11) is 0. The standard InChI is InChI=1S/C10H6BrF2N3/c11-9-10(14)15-4-7(16-9)5-2-1-3-6(12)8(5)13/h1-4H,(H2,14,15). The normalized spacial score (nSPS) is 10.4. The highest BCUT2D eigenvalue weighted by Gasteiger charge is 2.12. The van der Waals surface area contributed by atoms with Crippen LogP contribution in [0.4, 0.5) is 14.6 Å². The van der Waals surface area contributed by atoms with Gasteiger partial charge in [-0.05, 0) is 28.1 Å². The molecule has 2 rings (SSSR count). The van der Waals surface area contributed by atoms with Gasteiger partial charge >= 0.3 is 0 Å². The molecule has 0 amide bonds. The van der Waals surface area contributed by atoms with E-state index in [1.165, 1.54) is 18.3 Å². The number of nitrogens with zero attached hydrogens (tertiary/aromatic N) is 2. The van der Waals surface area contributed by atoms with Crippen molar-refractivity contribution in [3.8, 4) is 11.3 Å². The van der Waals surface area contributed by atoms with E-state index >= 15 is 0 Å². The van der Waals surface area contributed by atoms with Gasteiger partial charge in [0.1, 0.15) is 4.60 Å². The van der Waals surface area contributed by atoms with Gasteiger partial charge < -0.3 is 5.73 Å². The minimum Gasteiger partial charge on any atom is -0.381 e. The van der Waals surface area contributed by atoms with E-state index in [0.29, 0.717) is 4.60 Å². The summed E-state index contributed by atoms with van der Waals surface area (Å²) >= 11 is 3.07. The topological polar surface area (TPSA) is 51.8 Å². The Labute approximate surface area is 98.5 Å². The zero-order valence-electron chi connectivity index (χ0n) is 7.92. The van der Waals surface area contributed by atoms with E-state index in [2.05, 4.69) is 25.9 Å². The van der Waals surface area contributed by atoms with Crippen LogP contribution in [0.15, 0.2) is 29.0 Å². The maximum Gasteiger partial charge on any atom is 0.168 e. The Hall–Kier alpha value is -1.56. The van der Waals surface area contributed by atoms with Crippen LogP contribution in [0.2, 0.25) is 0 Å². The number of nitrogen functional groups attached to an aromatic ring is 1. The van der Waals surface area contributed by atoms with Gasteiger partial charge in [0.2, 0.25) is 0 Å². The number of halogens is 3. The maximum atomic E-state index is 13.4. The third-order valence-electron chi connectivity index (χ3n) is 1.98. The Morgan fingerprint density at radius 3 is 2.69 bits per heavy atom. The minimum absolute atomic E-state index is 0.0493. The van der Waals surface area contributed by atoms with Gasteiger partial charge in [0, 0.05) is 5.56 Å². The quantitative estimate of drug-likeness (QED) is 0.877. The van der Waals surface area contributed by atoms with Crippen LogP contribution in [0.5, 0.6) is 0 Å². The monoisotopic (exact) mass is 285 g/mol. The van der Waals surface area contributed by atoms with Crippen molar-refractivity contribution < 1.29 is 8.78 Å². The molecule has 0 aliphatic rings. The fraction of sp³-hybridized carbons (Fsp3) is 0. The number of benzene rings is 1. The van der Waals surface area contributed by atoms with Gasteiger partial charge in [0.25, 0.3) is 0 Å². The molecule has 0 aliphatic heterocycles. The van der Waals surface area contributed by atoms with Crippen LogP contribution in [-0.2, 0) is 0 Å². The van der Waals surface area contributed by atoms with E-state index in [1.807, 2.05) is 0 Å². The molecule has 1 aromatic carbocycles. The maximum absolute atomic E-state index is 13.4. The molecule has 0 spiro atoms. The molecule has 3 nitrogen and oxygen atoms in total. The third kappa shape index (κ3) is 1.88. The molecule has 2 aromatic rings. The van der Waals surface area contributed by atoms with Gasteiger partial charge in [-0.25, -0.2) is 18.7 Å². The van der Waals surface area contributed by atoms with Crippen LogP contribution in [-0.4, -0.2) is 9.97 Å². The first-order valence-electron chi connectivity index (χ1n) is 4.32. The van der Waals surface area contributed by atoms with Gasteiger partial charge in [-0.3, -0.25) is 0 Å². The fourth-order valence-electron chi connectivity index (χ4n) is 1.21. The highest BCUT2D eigenvalue weighted by molar-refractivity contribution is 9.10. The molecule has 0 saturated heterocycles. The lowest BCUT2D eigenvalue weighted by Crippen LogP contribution is -1.97. The van der Waals surface area contributed by atoms with E-state index in [-0.39, 0.29) is 17.1 Å². The zero-order valence-corrected chi connectivity index (χ0v) is 9.50. The van der Waals surface area contributed by atoms with Gasteiger partial charge in [0.05, 0.1) is 11.9 Å². The summed E-state index contributed by atoms with van der Waals surface area (Å²) in [5.41, 5.74) is 5.72. The molecule has 0 saturated carbocycles. The second-order valence-corrected chi connectivity index (χ2v) is 3.78. The molecular weight excluding hydrogens is 280 g/mol. The molecule has 0 fully saturated rings. The van der Waals surface area contributed by atoms with Gasteiger partial charge in [-0.15, -0.1) is 0 Å². The van der Waals surface area contributed by atoms with Gasteiger partial charge in [-0.1, -0.05) is 6.07 Å². The second kappa shape index (κ2) is 4.13. The summed E-state index contributed by atoms with van der Waals surface area (Å²) in [4.78, 5) is 7.77. The predicted molar refractivity (Wildman–Crippen MR) is 59.5 cm³/mol. The van der Waals surface area contributed by atoms with E-state index in [1.54, 1.807) is 0 Å². The lowest BCUT2D eigenvalue weighted by atomic mass is 10.1. The molecule has 82 valence electrons. The zero-order chi connectivity index (χ0) is 11.7. The first kappa shape index (κ1) is 10.9. The van der Waals surface area contributed by atoms with Crippen molar-refractivity contribution in [1.82, 2.24) is 9.97 Å². The van der Waals surface area contributed by atoms with Crippen molar-refractivity contribution in [2.45, 2.75) is 0 Å². The van der Waals surface area contributed by atoms with Crippen molar-refractivity contribution in [3.63, 3.8) is 0 Å². The van der Waals surface area contributed by atoms with Crippen molar-refractivity contribution in [2.24, 2.45) is 0 Å². The minimum atomic E-state index is -0.950. The second-order valence-electron chi connectivity index (χ2n) is 3.03. The lowest BCUT2D eigenvalue weighted by Gasteiger charge is -2.04. The van der Waals surface area contributed by atoms with Crippen LogP contribution >= 0.6 is 15.9 Å². The van der Waals surface area contributed by atoms with Gasteiger partial charge in [-0.2, -0.15) is 0 Å². The fourth-order valence-corrected chi connectivity index (χ4v) is 1.50. The van der Waals surface area contributed by atoms with Crippen LogP contribution < -0.4 is 5.73 Å². The van der Waals surface area contributed by atoms with E-state index in [9.17, 15) is 8.78 Å². The lowest BCUT2D eigenvalue weighted by molar-refractivity contribution is 0.511. The average molecular weight is 286 g/mol. The van der Waals surface area contributed by atoms with Crippen molar-refractivity contribution in [2.75, 3.05) is 5.73 Å². The van der Waals surface area contributed by atoms with Crippen LogP contribution in [0.3, 0.4) is 0 Å². The Kier molecular flexibility index (Phi) is 2.82. The SMILES string of the molecule is Nc1ncc(-c2cccc(F)c2F)nc1Br. The molecule has 0 radical (unpaired) electrons. The number of hydrogen-bond donors (Lipinski definition) is 1. The summed E-state index contributed by atoms with van der Waals surface area (Å²) in [5, 5.41) is 0. The molecule has 16 heavy (non-hydrogen) atoms. The first-order valence-corrected chi connectivity index (χ1v) is 5.11. The molecule has 0 aliphatic carbocycles. The van der Waals surface area contributed by atoms with Crippen molar-refractivity contribution in [1.29, 1.82) is 0 Å². The summed E-state index contributed by atoms with van der Waals surface area (Å²) in [6.07, 6.45) is 1.29. The summed E-state index contributed by atoms with van der Waals surface area (Å²) in [5.74, 6) is -1.68. The Bertz CT molecular complexity index is 546. The smallest absolute Gasteiger partial charge is 0.168 e. The molecule has 0 bridgehead atoms. The molecule has 6 heteroatoms. The van der Waals surface area contributed by atoms with Crippen LogP contribution in [0, 0.1) is 11.6 Å². The number of rotatable bonds is 1. The average Bonchev–Trinajstić information content (AvgIpc) is 2.26.